The van der Waals surface area contributed by atoms with Gasteiger partial charge in [0.25, 0.3) is 0 Å². The molecule has 0 aliphatic heterocycles. The van der Waals surface area contributed by atoms with Crippen molar-refractivity contribution in [2.45, 2.75) is 6.42 Å². The molecule has 2 rings (SSSR count). The summed E-state index contributed by atoms with van der Waals surface area (Å²) in [6, 6.07) is 11.0. The lowest BCUT2D eigenvalue weighted by atomic mass is 10.1. The number of hydrogen-bond acceptors (Lipinski definition) is 2. The van der Waals surface area contributed by atoms with Crippen molar-refractivity contribution in [1.29, 1.82) is 0 Å². The van der Waals surface area contributed by atoms with Gasteiger partial charge in [-0.15, -0.1) is 0 Å². The minimum absolute atomic E-state index is 0.242. The number of hydrogen-bond donors (Lipinski definition) is 2. The number of halogens is 2. The lowest BCUT2D eigenvalue weighted by Gasteiger charge is -2.11. The van der Waals surface area contributed by atoms with Crippen LogP contribution in [0.5, 0.6) is 0 Å². The summed E-state index contributed by atoms with van der Waals surface area (Å²) in [5.74, 6) is -1.47. The SMILES string of the molecule is O=C(O)Cc1cc(F)ccc1Nc1ccc(Cl)cc1. The zero-order chi connectivity index (χ0) is 13.8. The van der Waals surface area contributed by atoms with Crippen LogP contribution in [0.1, 0.15) is 5.56 Å². The Morgan fingerprint density at radius 1 is 1.21 bits per heavy atom. The average Bonchev–Trinajstić information content (AvgIpc) is 2.34. The van der Waals surface area contributed by atoms with Gasteiger partial charge in [-0.2, -0.15) is 0 Å². The van der Waals surface area contributed by atoms with Crippen molar-refractivity contribution in [2.75, 3.05) is 5.32 Å². The molecule has 0 saturated carbocycles. The molecule has 0 bridgehead atoms. The predicted molar refractivity (Wildman–Crippen MR) is 72.5 cm³/mol. The Labute approximate surface area is 114 Å². The van der Waals surface area contributed by atoms with Crippen LogP contribution < -0.4 is 5.32 Å². The first-order chi connectivity index (χ1) is 9.04. The van der Waals surface area contributed by atoms with Gasteiger partial charge in [0.15, 0.2) is 0 Å². The zero-order valence-electron chi connectivity index (χ0n) is 9.86. The van der Waals surface area contributed by atoms with Gasteiger partial charge in [0, 0.05) is 16.4 Å². The number of anilines is 2. The smallest absolute Gasteiger partial charge is 0.307 e. The van der Waals surface area contributed by atoms with Crippen LogP contribution in [0, 0.1) is 5.82 Å². The molecule has 2 aromatic carbocycles. The summed E-state index contributed by atoms with van der Waals surface area (Å²) in [6.07, 6.45) is -0.242. The highest BCUT2D eigenvalue weighted by atomic mass is 35.5. The van der Waals surface area contributed by atoms with E-state index in [-0.39, 0.29) is 6.42 Å². The third-order valence-corrected chi connectivity index (χ3v) is 2.78. The van der Waals surface area contributed by atoms with Crippen LogP contribution >= 0.6 is 11.6 Å². The highest BCUT2D eigenvalue weighted by molar-refractivity contribution is 6.30. The Morgan fingerprint density at radius 2 is 1.89 bits per heavy atom. The first kappa shape index (κ1) is 13.4. The summed E-state index contributed by atoms with van der Waals surface area (Å²) in [6.45, 7) is 0. The summed E-state index contributed by atoms with van der Waals surface area (Å²) in [5, 5.41) is 12.5. The Kier molecular flexibility index (Phi) is 4.02. The van der Waals surface area contributed by atoms with Crippen LogP contribution in [0.3, 0.4) is 0 Å². The summed E-state index contributed by atoms with van der Waals surface area (Å²) in [4.78, 5) is 10.8. The van der Waals surface area contributed by atoms with Gasteiger partial charge in [0.05, 0.1) is 6.42 Å². The summed E-state index contributed by atoms with van der Waals surface area (Å²) in [5.41, 5.74) is 1.70. The lowest BCUT2D eigenvalue weighted by Crippen LogP contribution is -2.04. The van der Waals surface area contributed by atoms with Crippen molar-refractivity contribution in [3.05, 3.63) is 58.9 Å². The number of nitrogens with one attached hydrogen (secondary N) is 1. The summed E-state index contributed by atoms with van der Waals surface area (Å²) in [7, 11) is 0. The molecule has 5 heteroatoms. The van der Waals surface area contributed by atoms with Crippen molar-refractivity contribution in [3.8, 4) is 0 Å². The molecular formula is C14H11ClFNO2. The number of carbonyl (C=O) groups is 1. The van der Waals surface area contributed by atoms with E-state index in [1.54, 1.807) is 24.3 Å². The summed E-state index contributed by atoms with van der Waals surface area (Å²) >= 11 is 5.78. The Balaban J connectivity index is 2.28. The standard InChI is InChI=1S/C14H11ClFNO2/c15-10-1-4-12(5-2-10)17-13-6-3-11(16)7-9(13)8-14(18)19/h1-7,17H,8H2,(H,18,19). The number of benzene rings is 2. The van der Waals surface area contributed by atoms with E-state index in [0.29, 0.717) is 16.3 Å². The van der Waals surface area contributed by atoms with Crippen LogP contribution in [0.4, 0.5) is 15.8 Å². The Hall–Kier alpha value is -2.07. The maximum atomic E-state index is 13.2. The molecule has 0 aliphatic rings. The molecule has 0 aliphatic carbocycles. The van der Waals surface area contributed by atoms with E-state index in [0.717, 1.165) is 5.69 Å². The number of carboxylic acid groups (broad SMARTS) is 1. The molecule has 98 valence electrons. The first-order valence-corrected chi connectivity index (χ1v) is 5.95. The third kappa shape index (κ3) is 3.69. The minimum Gasteiger partial charge on any atom is -0.481 e. The van der Waals surface area contributed by atoms with Gasteiger partial charge >= 0.3 is 5.97 Å². The van der Waals surface area contributed by atoms with E-state index >= 15 is 0 Å². The van der Waals surface area contributed by atoms with Gasteiger partial charge in [-0.25, -0.2) is 4.39 Å². The second kappa shape index (κ2) is 5.71. The molecular weight excluding hydrogens is 269 g/mol. The first-order valence-electron chi connectivity index (χ1n) is 5.57. The van der Waals surface area contributed by atoms with Crippen molar-refractivity contribution < 1.29 is 14.3 Å². The van der Waals surface area contributed by atoms with Crippen LogP contribution in [0.15, 0.2) is 42.5 Å². The summed E-state index contributed by atoms with van der Waals surface area (Å²) < 4.78 is 13.2. The number of carboxylic acids is 1. The lowest BCUT2D eigenvalue weighted by molar-refractivity contribution is -0.136. The van der Waals surface area contributed by atoms with Gasteiger partial charge < -0.3 is 10.4 Å². The van der Waals surface area contributed by atoms with Gasteiger partial charge in [0.2, 0.25) is 0 Å². The van der Waals surface area contributed by atoms with Gasteiger partial charge in [-0.3, -0.25) is 4.79 Å². The predicted octanol–water partition coefficient (Wildman–Crippen LogP) is 3.85. The molecule has 0 spiro atoms. The van der Waals surface area contributed by atoms with Crippen LogP contribution in [-0.2, 0) is 11.2 Å². The fourth-order valence-electron chi connectivity index (χ4n) is 1.68. The Morgan fingerprint density at radius 3 is 2.53 bits per heavy atom. The van der Waals surface area contributed by atoms with Crippen LogP contribution in [0.2, 0.25) is 5.02 Å². The fraction of sp³-hybridized carbons (Fsp3) is 0.0714. The monoisotopic (exact) mass is 279 g/mol. The second-order valence-electron chi connectivity index (χ2n) is 4.00. The van der Waals surface area contributed by atoms with E-state index in [2.05, 4.69) is 5.32 Å². The van der Waals surface area contributed by atoms with E-state index in [9.17, 15) is 9.18 Å². The zero-order valence-corrected chi connectivity index (χ0v) is 10.6. The fourth-order valence-corrected chi connectivity index (χ4v) is 1.81. The van der Waals surface area contributed by atoms with Crippen molar-refractivity contribution in [2.24, 2.45) is 0 Å². The van der Waals surface area contributed by atoms with Gasteiger partial charge in [-0.1, -0.05) is 11.6 Å². The van der Waals surface area contributed by atoms with E-state index in [4.69, 9.17) is 16.7 Å². The van der Waals surface area contributed by atoms with E-state index < -0.39 is 11.8 Å². The second-order valence-corrected chi connectivity index (χ2v) is 4.44. The molecule has 0 fully saturated rings. The molecule has 0 unspecified atom stereocenters. The normalized spacial score (nSPS) is 10.2. The molecule has 2 N–H and O–H groups in total. The highest BCUT2D eigenvalue weighted by Gasteiger charge is 2.08. The van der Waals surface area contributed by atoms with Crippen LogP contribution in [0.25, 0.3) is 0 Å². The highest BCUT2D eigenvalue weighted by Crippen LogP contribution is 2.23. The van der Waals surface area contributed by atoms with Crippen molar-refractivity contribution in [3.63, 3.8) is 0 Å². The third-order valence-electron chi connectivity index (χ3n) is 2.53. The number of rotatable bonds is 4. The molecule has 0 saturated heterocycles. The molecule has 0 aromatic heterocycles. The van der Waals surface area contributed by atoms with Crippen molar-refractivity contribution in [1.82, 2.24) is 0 Å². The molecule has 0 atom stereocenters. The molecule has 19 heavy (non-hydrogen) atoms. The largest absolute Gasteiger partial charge is 0.481 e. The molecule has 3 nitrogen and oxygen atoms in total. The molecule has 0 heterocycles. The maximum absolute atomic E-state index is 13.2. The van der Waals surface area contributed by atoms with Crippen molar-refractivity contribution >= 4 is 28.9 Å². The Bertz CT molecular complexity index is 599. The maximum Gasteiger partial charge on any atom is 0.307 e. The molecule has 0 radical (unpaired) electrons. The van der Waals surface area contributed by atoms with E-state index in [1.165, 1.54) is 18.2 Å². The van der Waals surface area contributed by atoms with E-state index in [1.807, 2.05) is 0 Å². The quantitative estimate of drug-likeness (QED) is 0.894. The minimum atomic E-state index is -1.01. The molecule has 0 amide bonds. The van der Waals surface area contributed by atoms with Crippen LogP contribution in [-0.4, -0.2) is 11.1 Å². The number of aliphatic carboxylic acids is 1. The average molecular weight is 280 g/mol. The van der Waals surface area contributed by atoms with Gasteiger partial charge in [0.1, 0.15) is 5.82 Å². The molecule has 2 aromatic rings. The topological polar surface area (TPSA) is 49.3 Å². The van der Waals surface area contributed by atoms with Gasteiger partial charge in [-0.05, 0) is 48.0 Å².